The van der Waals surface area contributed by atoms with Crippen LogP contribution in [-0.2, 0) is 4.74 Å². The number of benzene rings is 1. The predicted molar refractivity (Wildman–Crippen MR) is 61.5 cm³/mol. The van der Waals surface area contributed by atoms with Crippen molar-refractivity contribution in [1.82, 2.24) is 0 Å². The van der Waals surface area contributed by atoms with E-state index in [0.717, 1.165) is 5.56 Å². The first-order valence-corrected chi connectivity index (χ1v) is 5.21. The van der Waals surface area contributed by atoms with Gasteiger partial charge in [-0.25, -0.2) is 0 Å². The van der Waals surface area contributed by atoms with Crippen LogP contribution in [-0.4, -0.2) is 18.3 Å². The fraction of sp³-hybridized carbons (Fsp3) is 0.500. The van der Waals surface area contributed by atoms with Gasteiger partial charge >= 0.3 is 0 Å². The number of hydrogen-bond acceptors (Lipinski definition) is 3. The molecule has 0 saturated carbocycles. The summed E-state index contributed by atoms with van der Waals surface area (Å²) >= 11 is 0. The summed E-state index contributed by atoms with van der Waals surface area (Å²) in [5, 5.41) is 9.78. The average Bonchev–Trinajstić information content (AvgIpc) is 2.17. The largest absolute Gasteiger partial charge is 0.399 e. The van der Waals surface area contributed by atoms with E-state index in [0.29, 0.717) is 24.8 Å². The SMILES string of the molecule is CC(C)COCC(O)c1cccc(N)c1. The molecule has 1 atom stereocenters. The molecule has 0 aliphatic rings. The number of ether oxygens (including phenoxy) is 1. The van der Waals surface area contributed by atoms with Crippen LogP contribution in [0.15, 0.2) is 24.3 Å². The third kappa shape index (κ3) is 4.32. The van der Waals surface area contributed by atoms with Crippen molar-refractivity contribution in [3.8, 4) is 0 Å². The summed E-state index contributed by atoms with van der Waals surface area (Å²) in [4.78, 5) is 0. The first-order chi connectivity index (χ1) is 7.09. The molecule has 0 radical (unpaired) electrons. The van der Waals surface area contributed by atoms with Crippen molar-refractivity contribution in [2.45, 2.75) is 20.0 Å². The van der Waals surface area contributed by atoms with Crippen LogP contribution in [0.1, 0.15) is 25.5 Å². The number of aliphatic hydroxyl groups is 1. The number of nitrogen functional groups attached to an aromatic ring is 1. The Morgan fingerprint density at radius 3 is 2.67 bits per heavy atom. The number of anilines is 1. The minimum Gasteiger partial charge on any atom is -0.399 e. The van der Waals surface area contributed by atoms with Crippen LogP contribution < -0.4 is 5.73 Å². The quantitative estimate of drug-likeness (QED) is 0.729. The lowest BCUT2D eigenvalue weighted by Gasteiger charge is -2.13. The maximum atomic E-state index is 9.78. The zero-order valence-corrected chi connectivity index (χ0v) is 9.31. The van der Waals surface area contributed by atoms with E-state index in [4.69, 9.17) is 10.5 Å². The number of nitrogens with two attached hydrogens (primary N) is 1. The van der Waals surface area contributed by atoms with Gasteiger partial charge in [-0.3, -0.25) is 0 Å². The van der Waals surface area contributed by atoms with Crippen LogP contribution in [0.4, 0.5) is 5.69 Å². The van der Waals surface area contributed by atoms with Crippen LogP contribution in [0.25, 0.3) is 0 Å². The normalized spacial score (nSPS) is 13.1. The molecule has 84 valence electrons. The average molecular weight is 209 g/mol. The highest BCUT2D eigenvalue weighted by atomic mass is 16.5. The molecule has 0 aromatic heterocycles. The topological polar surface area (TPSA) is 55.5 Å². The Morgan fingerprint density at radius 1 is 1.33 bits per heavy atom. The van der Waals surface area contributed by atoms with E-state index in [1.807, 2.05) is 12.1 Å². The summed E-state index contributed by atoms with van der Waals surface area (Å²) < 4.78 is 5.36. The summed E-state index contributed by atoms with van der Waals surface area (Å²) in [5.74, 6) is 0.484. The van der Waals surface area contributed by atoms with Crippen LogP contribution >= 0.6 is 0 Å². The molecule has 1 aromatic carbocycles. The summed E-state index contributed by atoms with van der Waals surface area (Å²) in [6.07, 6.45) is -0.591. The maximum Gasteiger partial charge on any atom is 0.102 e. The van der Waals surface area contributed by atoms with E-state index in [2.05, 4.69) is 13.8 Å². The first kappa shape index (κ1) is 12.0. The van der Waals surface area contributed by atoms with E-state index >= 15 is 0 Å². The van der Waals surface area contributed by atoms with Gasteiger partial charge in [0, 0.05) is 12.3 Å². The van der Waals surface area contributed by atoms with Crippen molar-refractivity contribution in [3.63, 3.8) is 0 Å². The summed E-state index contributed by atoms with van der Waals surface area (Å²) in [7, 11) is 0. The Balaban J connectivity index is 2.43. The molecule has 3 heteroatoms. The molecule has 0 amide bonds. The molecule has 0 aliphatic heterocycles. The van der Waals surface area contributed by atoms with Gasteiger partial charge in [0.1, 0.15) is 6.10 Å². The maximum absolute atomic E-state index is 9.78. The van der Waals surface area contributed by atoms with Gasteiger partial charge in [-0.15, -0.1) is 0 Å². The second-order valence-electron chi connectivity index (χ2n) is 4.12. The second kappa shape index (κ2) is 5.73. The van der Waals surface area contributed by atoms with Crippen LogP contribution in [0.5, 0.6) is 0 Å². The molecule has 3 N–H and O–H groups in total. The van der Waals surface area contributed by atoms with Gasteiger partial charge in [0.25, 0.3) is 0 Å². The third-order valence-electron chi connectivity index (χ3n) is 2.02. The van der Waals surface area contributed by atoms with Crippen molar-refractivity contribution in [3.05, 3.63) is 29.8 Å². The molecule has 0 fully saturated rings. The molecular weight excluding hydrogens is 190 g/mol. The van der Waals surface area contributed by atoms with Crippen molar-refractivity contribution in [2.24, 2.45) is 5.92 Å². The monoisotopic (exact) mass is 209 g/mol. The Labute approximate surface area is 90.9 Å². The molecule has 1 rings (SSSR count). The highest BCUT2D eigenvalue weighted by Crippen LogP contribution is 2.16. The molecule has 0 aliphatic carbocycles. The van der Waals surface area contributed by atoms with E-state index in [1.165, 1.54) is 0 Å². The lowest BCUT2D eigenvalue weighted by atomic mass is 10.1. The van der Waals surface area contributed by atoms with E-state index in [1.54, 1.807) is 12.1 Å². The fourth-order valence-electron chi connectivity index (χ4n) is 1.28. The predicted octanol–water partition coefficient (Wildman–Crippen LogP) is 1.97. The van der Waals surface area contributed by atoms with Crippen molar-refractivity contribution in [2.75, 3.05) is 18.9 Å². The van der Waals surface area contributed by atoms with Gasteiger partial charge in [-0.1, -0.05) is 26.0 Å². The van der Waals surface area contributed by atoms with Gasteiger partial charge in [0.2, 0.25) is 0 Å². The van der Waals surface area contributed by atoms with Crippen molar-refractivity contribution < 1.29 is 9.84 Å². The van der Waals surface area contributed by atoms with Gasteiger partial charge in [-0.2, -0.15) is 0 Å². The number of hydrogen-bond donors (Lipinski definition) is 2. The summed E-state index contributed by atoms with van der Waals surface area (Å²) in [6.45, 7) is 5.14. The molecule has 15 heavy (non-hydrogen) atoms. The Morgan fingerprint density at radius 2 is 2.07 bits per heavy atom. The number of rotatable bonds is 5. The molecule has 0 saturated heterocycles. The fourth-order valence-corrected chi connectivity index (χ4v) is 1.28. The highest BCUT2D eigenvalue weighted by Gasteiger charge is 2.07. The molecule has 1 aromatic rings. The van der Waals surface area contributed by atoms with E-state index < -0.39 is 6.10 Å². The molecule has 0 spiro atoms. The molecular formula is C12H19NO2. The minimum atomic E-state index is -0.591. The third-order valence-corrected chi connectivity index (χ3v) is 2.02. The van der Waals surface area contributed by atoms with Crippen LogP contribution in [0.2, 0.25) is 0 Å². The number of aliphatic hydroxyl groups excluding tert-OH is 1. The van der Waals surface area contributed by atoms with Crippen LogP contribution in [0.3, 0.4) is 0 Å². The first-order valence-electron chi connectivity index (χ1n) is 5.21. The Hall–Kier alpha value is -1.06. The van der Waals surface area contributed by atoms with Gasteiger partial charge < -0.3 is 15.6 Å². The molecule has 0 bridgehead atoms. The Kier molecular flexibility index (Phi) is 4.59. The van der Waals surface area contributed by atoms with E-state index in [9.17, 15) is 5.11 Å². The smallest absolute Gasteiger partial charge is 0.102 e. The van der Waals surface area contributed by atoms with Gasteiger partial charge in [0.15, 0.2) is 0 Å². The summed E-state index contributed by atoms with van der Waals surface area (Å²) in [5.41, 5.74) is 7.09. The summed E-state index contributed by atoms with van der Waals surface area (Å²) in [6, 6.07) is 7.24. The van der Waals surface area contributed by atoms with Crippen molar-refractivity contribution in [1.29, 1.82) is 0 Å². The molecule has 0 heterocycles. The van der Waals surface area contributed by atoms with Gasteiger partial charge in [-0.05, 0) is 23.6 Å². The van der Waals surface area contributed by atoms with Gasteiger partial charge in [0.05, 0.1) is 6.61 Å². The highest BCUT2D eigenvalue weighted by molar-refractivity contribution is 5.41. The molecule has 3 nitrogen and oxygen atoms in total. The molecule has 1 unspecified atom stereocenters. The van der Waals surface area contributed by atoms with E-state index in [-0.39, 0.29) is 0 Å². The second-order valence-corrected chi connectivity index (χ2v) is 4.12. The van der Waals surface area contributed by atoms with Crippen LogP contribution in [0, 0.1) is 5.92 Å². The zero-order chi connectivity index (χ0) is 11.3. The van der Waals surface area contributed by atoms with Crippen molar-refractivity contribution >= 4 is 5.69 Å². The lowest BCUT2D eigenvalue weighted by Crippen LogP contribution is -2.10. The Bertz CT molecular complexity index is 299. The zero-order valence-electron chi connectivity index (χ0n) is 9.31. The lowest BCUT2D eigenvalue weighted by molar-refractivity contribution is 0.0250. The minimum absolute atomic E-state index is 0.321. The standard InChI is InChI=1S/C12H19NO2/c1-9(2)7-15-8-12(14)10-4-3-5-11(13)6-10/h3-6,9,12,14H,7-8,13H2,1-2H3.